The summed E-state index contributed by atoms with van der Waals surface area (Å²) >= 11 is 0. The fourth-order valence-electron chi connectivity index (χ4n) is 2.86. The van der Waals surface area contributed by atoms with Crippen molar-refractivity contribution in [2.75, 3.05) is 38.7 Å². The van der Waals surface area contributed by atoms with Crippen LogP contribution in [0.3, 0.4) is 0 Å². The van der Waals surface area contributed by atoms with Crippen LogP contribution < -0.4 is 4.90 Å². The smallest absolute Gasteiger partial charge is 0.501 e. The molecule has 0 amide bonds. The molecule has 0 aliphatic carbocycles. The van der Waals surface area contributed by atoms with Crippen molar-refractivity contribution in [3.05, 3.63) is 12.4 Å². The Balaban J connectivity index is 2.38. The highest BCUT2D eigenvalue weighted by Crippen LogP contribution is 2.17. The molecule has 0 aromatic heterocycles. The predicted octanol–water partition coefficient (Wildman–Crippen LogP) is 0.161. The van der Waals surface area contributed by atoms with E-state index in [-0.39, 0.29) is 5.75 Å². The average Bonchev–Trinajstić information content (AvgIpc) is 2.99. The summed E-state index contributed by atoms with van der Waals surface area (Å²) in [6.07, 6.45) is 8.10. The predicted molar refractivity (Wildman–Crippen MR) is 100 cm³/mol. The van der Waals surface area contributed by atoms with E-state index in [1.165, 1.54) is 4.90 Å². The van der Waals surface area contributed by atoms with Gasteiger partial charge in [-0.3, -0.25) is 0 Å². The summed E-state index contributed by atoms with van der Waals surface area (Å²) in [6.45, 7) is 9.24. The van der Waals surface area contributed by atoms with Crippen LogP contribution in [0.5, 0.6) is 0 Å². The molecule has 1 heterocycles. The second-order valence-corrected chi connectivity index (χ2v) is 10.3. The van der Waals surface area contributed by atoms with E-state index in [1.54, 1.807) is 0 Å². The van der Waals surface area contributed by atoms with Crippen molar-refractivity contribution >= 4 is 25.3 Å². The monoisotopic (exact) mass is 409 g/mol. The van der Waals surface area contributed by atoms with Crippen LogP contribution in [0.25, 0.3) is 0 Å². The van der Waals surface area contributed by atoms with Gasteiger partial charge in [-0.25, -0.2) is 13.3 Å². The Morgan fingerprint density at radius 1 is 1.04 bits per heavy atom. The molecule has 0 aromatic carbocycles. The Bertz CT molecular complexity index is 550. The highest BCUT2D eigenvalue weighted by Gasteiger charge is 2.40. The molecular weight excluding hydrogens is 376 g/mol. The van der Waals surface area contributed by atoms with Gasteiger partial charge in [-0.15, -0.1) is 0 Å². The molecule has 0 fully saturated rings. The van der Waals surface area contributed by atoms with Crippen LogP contribution in [-0.4, -0.2) is 71.4 Å². The zero-order chi connectivity index (χ0) is 19.5. The zero-order valence-electron chi connectivity index (χ0n) is 16.1. The van der Waals surface area contributed by atoms with E-state index >= 15 is 0 Å². The Kier molecular flexibility index (Phi) is 10.8. The Labute approximate surface area is 158 Å². The van der Waals surface area contributed by atoms with Crippen molar-refractivity contribution in [2.45, 2.75) is 46.1 Å². The highest BCUT2D eigenvalue weighted by atomic mass is 32.2. The lowest BCUT2D eigenvalue weighted by molar-refractivity contribution is -0.749. The van der Waals surface area contributed by atoms with Crippen LogP contribution >= 0.6 is 0 Å². The molecule has 1 unspecified atom stereocenters. The van der Waals surface area contributed by atoms with Crippen molar-refractivity contribution < 1.29 is 35.7 Å². The van der Waals surface area contributed by atoms with Crippen LogP contribution in [0, 0.1) is 0 Å². The molecule has 1 aliphatic rings. The summed E-state index contributed by atoms with van der Waals surface area (Å²) in [4.78, 5) is 1.22. The van der Waals surface area contributed by atoms with E-state index < -0.39 is 18.9 Å². The first-order valence-electron chi connectivity index (χ1n) is 9.34. The number of unbranched alkanes of at least 4 members (excludes halogenated alkanes) is 1. The Morgan fingerprint density at radius 2 is 1.65 bits per heavy atom. The molecule has 0 radical (unpaired) electrons. The summed E-state index contributed by atoms with van der Waals surface area (Å²) in [6, 6.07) is 0.787. The fourth-order valence-corrected chi connectivity index (χ4v) is 6.03. The molecular formula is C16H33N2O6SSi+. The van der Waals surface area contributed by atoms with E-state index in [0.29, 0.717) is 39.2 Å². The number of rotatable bonds is 15. The third-order valence-electron chi connectivity index (χ3n) is 3.91. The minimum Gasteiger partial charge on any atom is -0.748 e. The maximum Gasteiger partial charge on any atom is 0.501 e. The topological polar surface area (TPSA) is 92.3 Å². The normalized spacial score (nSPS) is 17.7. The standard InChI is InChI=1S/C16H32N2O6SSi/c1-4-22-26(23-5-2,24-6-3)15-9-11-18-13-12-17(16-18)10-7-8-14-25(19,20)21/h12-13,16H,4-11,14-15H2,1-3H3/p+1. The maximum absolute atomic E-state index is 10.6. The lowest BCUT2D eigenvalue weighted by Crippen LogP contribution is -3.06. The quantitative estimate of drug-likeness (QED) is 0.179. The summed E-state index contributed by atoms with van der Waals surface area (Å²) in [7, 11) is -6.68. The SMILES string of the molecule is CCO[Si](CCC[NH+]1C=C[N+](CCCCS(=O)(=O)[O-])=C1)(OCC)OCC. The lowest BCUT2D eigenvalue weighted by atomic mass is 10.3. The van der Waals surface area contributed by atoms with Gasteiger partial charge in [0.15, 0.2) is 12.7 Å². The number of hydrogen-bond acceptors (Lipinski definition) is 6. The molecule has 1 N–H and O–H groups in total. The number of quaternary nitrogens is 1. The van der Waals surface area contributed by atoms with E-state index in [1.807, 2.05) is 31.5 Å². The molecule has 0 saturated carbocycles. The van der Waals surface area contributed by atoms with Gasteiger partial charge in [-0.1, -0.05) is 0 Å². The summed E-state index contributed by atoms with van der Waals surface area (Å²) < 4.78 is 51.4. The molecule has 26 heavy (non-hydrogen) atoms. The van der Waals surface area contributed by atoms with E-state index in [4.69, 9.17) is 13.3 Å². The zero-order valence-corrected chi connectivity index (χ0v) is 17.9. The van der Waals surface area contributed by atoms with Gasteiger partial charge in [0.1, 0.15) is 0 Å². The second kappa shape index (κ2) is 12.0. The van der Waals surface area contributed by atoms with E-state index in [2.05, 4.69) is 12.5 Å². The molecule has 0 bridgehead atoms. The van der Waals surface area contributed by atoms with Crippen molar-refractivity contribution in [1.82, 2.24) is 0 Å². The molecule has 8 nitrogen and oxygen atoms in total. The lowest BCUT2D eigenvalue weighted by Gasteiger charge is -2.28. The van der Waals surface area contributed by atoms with Gasteiger partial charge in [0.25, 0.3) is 0 Å². The highest BCUT2D eigenvalue weighted by molar-refractivity contribution is 7.85. The second-order valence-electron chi connectivity index (χ2n) is 6.06. The molecule has 1 atom stereocenters. The van der Waals surface area contributed by atoms with Crippen LogP contribution in [0.4, 0.5) is 0 Å². The average molecular weight is 410 g/mol. The van der Waals surface area contributed by atoms with Crippen molar-refractivity contribution in [2.24, 2.45) is 0 Å². The third kappa shape index (κ3) is 9.35. The fraction of sp³-hybridized carbons (Fsp3) is 0.812. The van der Waals surface area contributed by atoms with Crippen LogP contribution in [0.1, 0.15) is 40.0 Å². The van der Waals surface area contributed by atoms with Gasteiger partial charge in [0.05, 0.1) is 16.7 Å². The maximum atomic E-state index is 10.6. The van der Waals surface area contributed by atoms with Crippen LogP contribution in [-0.2, 0) is 23.4 Å². The first kappa shape index (κ1) is 23.4. The molecule has 10 heteroatoms. The largest absolute Gasteiger partial charge is 0.748 e. The third-order valence-corrected chi connectivity index (χ3v) is 7.85. The van der Waals surface area contributed by atoms with Crippen molar-refractivity contribution in [1.29, 1.82) is 0 Å². The van der Waals surface area contributed by atoms with Gasteiger partial charge in [0, 0.05) is 44.5 Å². The van der Waals surface area contributed by atoms with Crippen molar-refractivity contribution in [3.63, 3.8) is 0 Å². The Hall–Kier alpha value is -0.623. The van der Waals surface area contributed by atoms with Gasteiger partial charge in [-0.2, -0.15) is 4.58 Å². The molecule has 1 rings (SSSR count). The minimum absolute atomic E-state index is 0.292. The van der Waals surface area contributed by atoms with Gasteiger partial charge in [-0.05, 0) is 27.2 Å². The number of nitrogens with one attached hydrogen (secondary N) is 1. The van der Waals surface area contributed by atoms with Gasteiger partial charge in [0.2, 0.25) is 6.20 Å². The van der Waals surface area contributed by atoms with Crippen molar-refractivity contribution in [3.8, 4) is 0 Å². The molecule has 152 valence electrons. The molecule has 0 spiro atoms. The van der Waals surface area contributed by atoms with E-state index in [9.17, 15) is 13.0 Å². The molecule has 1 aliphatic heterocycles. The molecule has 0 aromatic rings. The first-order valence-corrected chi connectivity index (χ1v) is 12.8. The summed E-state index contributed by atoms with van der Waals surface area (Å²) in [5.41, 5.74) is 0. The Morgan fingerprint density at radius 3 is 2.19 bits per heavy atom. The summed E-state index contributed by atoms with van der Waals surface area (Å²) in [5.74, 6) is -0.292. The number of hydrogen-bond donors (Lipinski definition) is 1. The first-order chi connectivity index (χ1) is 12.3. The van der Waals surface area contributed by atoms with E-state index in [0.717, 1.165) is 19.0 Å². The summed E-state index contributed by atoms with van der Waals surface area (Å²) in [5, 5.41) is 0. The van der Waals surface area contributed by atoms with Gasteiger partial charge >= 0.3 is 15.1 Å². The number of nitrogens with zero attached hydrogens (tertiary/aromatic N) is 1. The van der Waals surface area contributed by atoms with Crippen LogP contribution in [0.2, 0.25) is 6.04 Å². The molecule has 0 saturated heterocycles. The van der Waals surface area contributed by atoms with Crippen LogP contribution in [0.15, 0.2) is 12.4 Å². The minimum atomic E-state index is -4.10. The van der Waals surface area contributed by atoms with Gasteiger partial charge < -0.3 is 17.8 Å².